The van der Waals surface area contributed by atoms with Crippen LogP contribution < -0.4 is 5.73 Å². The highest BCUT2D eigenvalue weighted by Crippen LogP contribution is 2.28. The molecule has 3 heterocycles. The molecule has 23 heavy (non-hydrogen) atoms. The summed E-state index contributed by atoms with van der Waals surface area (Å²) in [6.45, 7) is 5.12. The van der Waals surface area contributed by atoms with Crippen LogP contribution in [0.2, 0.25) is 0 Å². The lowest BCUT2D eigenvalue weighted by molar-refractivity contribution is 0.0707. The summed E-state index contributed by atoms with van der Waals surface area (Å²) in [5.74, 6) is 0.551. The summed E-state index contributed by atoms with van der Waals surface area (Å²) < 4.78 is 1.96. The first kappa shape index (κ1) is 16.1. The van der Waals surface area contributed by atoms with Gasteiger partial charge in [-0.25, -0.2) is 4.98 Å². The van der Waals surface area contributed by atoms with Gasteiger partial charge in [-0.3, -0.25) is 9.48 Å². The Morgan fingerprint density at radius 1 is 1.43 bits per heavy atom. The van der Waals surface area contributed by atoms with E-state index in [-0.39, 0.29) is 5.91 Å². The van der Waals surface area contributed by atoms with Crippen LogP contribution in [0.4, 0.5) is 0 Å². The summed E-state index contributed by atoms with van der Waals surface area (Å²) in [5.41, 5.74) is 7.39. The Morgan fingerprint density at radius 2 is 2.22 bits per heavy atom. The van der Waals surface area contributed by atoms with Crippen LogP contribution in [0.5, 0.6) is 0 Å². The molecule has 1 aliphatic heterocycles. The van der Waals surface area contributed by atoms with E-state index < -0.39 is 0 Å². The molecule has 0 aromatic carbocycles. The Balaban J connectivity index is 1.58. The third-order valence-electron chi connectivity index (χ3n) is 4.36. The first-order valence-corrected chi connectivity index (χ1v) is 9.05. The van der Waals surface area contributed by atoms with E-state index in [0.29, 0.717) is 18.2 Å². The molecule has 1 saturated heterocycles. The predicted molar refractivity (Wildman–Crippen MR) is 90.7 cm³/mol. The van der Waals surface area contributed by atoms with Gasteiger partial charge in [0.25, 0.3) is 5.91 Å². The highest BCUT2D eigenvalue weighted by atomic mass is 32.1. The molecule has 0 aliphatic carbocycles. The molecule has 6 nitrogen and oxygen atoms in total. The van der Waals surface area contributed by atoms with Crippen LogP contribution in [-0.2, 0) is 13.0 Å². The number of hydrogen-bond donors (Lipinski definition) is 1. The second-order valence-electron chi connectivity index (χ2n) is 5.86. The van der Waals surface area contributed by atoms with Crippen LogP contribution >= 0.6 is 11.3 Å². The van der Waals surface area contributed by atoms with Crippen molar-refractivity contribution in [2.75, 3.05) is 19.6 Å². The summed E-state index contributed by atoms with van der Waals surface area (Å²) in [4.78, 5) is 18.9. The van der Waals surface area contributed by atoms with Crippen molar-refractivity contribution in [3.8, 4) is 0 Å². The van der Waals surface area contributed by atoms with Crippen LogP contribution in [0.15, 0.2) is 17.8 Å². The summed E-state index contributed by atoms with van der Waals surface area (Å²) in [6, 6.07) is 0. The van der Waals surface area contributed by atoms with Crippen molar-refractivity contribution >= 4 is 17.2 Å². The maximum atomic E-state index is 12.5. The molecule has 0 atom stereocenters. The van der Waals surface area contributed by atoms with Crippen molar-refractivity contribution < 1.29 is 4.79 Å². The molecule has 3 rings (SSSR count). The number of aryl methyl sites for hydroxylation is 1. The molecule has 0 radical (unpaired) electrons. The van der Waals surface area contributed by atoms with Crippen LogP contribution in [0.3, 0.4) is 0 Å². The van der Waals surface area contributed by atoms with Crippen molar-refractivity contribution in [1.29, 1.82) is 0 Å². The maximum Gasteiger partial charge on any atom is 0.273 e. The van der Waals surface area contributed by atoms with E-state index >= 15 is 0 Å². The number of likely N-dealkylation sites (tertiary alicyclic amines) is 1. The van der Waals surface area contributed by atoms with Gasteiger partial charge in [-0.05, 0) is 37.8 Å². The fourth-order valence-electron chi connectivity index (χ4n) is 2.99. The first-order chi connectivity index (χ1) is 11.2. The molecule has 0 bridgehead atoms. The molecular formula is C16H23N5OS. The van der Waals surface area contributed by atoms with E-state index in [4.69, 9.17) is 5.73 Å². The molecule has 1 fully saturated rings. The van der Waals surface area contributed by atoms with E-state index in [9.17, 15) is 4.79 Å². The summed E-state index contributed by atoms with van der Waals surface area (Å²) in [7, 11) is 0. The molecule has 2 aromatic heterocycles. The number of aromatic nitrogens is 3. The zero-order valence-corrected chi connectivity index (χ0v) is 14.3. The van der Waals surface area contributed by atoms with Crippen LogP contribution in [0.25, 0.3) is 0 Å². The summed E-state index contributed by atoms with van der Waals surface area (Å²) >= 11 is 1.52. The molecule has 2 aromatic rings. The van der Waals surface area contributed by atoms with Crippen molar-refractivity contribution in [3.63, 3.8) is 0 Å². The number of piperidine rings is 1. The van der Waals surface area contributed by atoms with Crippen LogP contribution in [0.1, 0.15) is 46.7 Å². The molecule has 0 unspecified atom stereocenters. The molecule has 0 saturated carbocycles. The van der Waals surface area contributed by atoms with Gasteiger partial charge in [0.2, 0.25) is 0 Å². The largest absolute Gasteiger partial charge is 0.337 e. The quantitative estimate of drug-likeness (QED) is 0.906. The van der Waals surface area contributed by atoms with Gasteiger partial charge in [0, 0.05) is 37.6 Å². The predicted octanol–water partition coefficient (Wildman–Crippen LogP) is 1.88. The van der Waals surface area contributed by atoms with Gasteiger partial charge in [-0.1, -0.05) is 0 Å². The molecule has 7 heteroatoms. The van der Waals surface area contributed by atoms with E-state index in [1.165, 1.54) is 16.9 Å². The molecule has 124 valence electrons. The Morgan fingerprint density at radius 3 is 2.87 bits per heavy atom. The fraction of sp³-hybridized carbons (Fsp3) is 0.562. The van der Waals surface area contributed by atoms with Crippen molar-refractivity contribution in [1.82, 2.24) is 19.7 Å². The smallest absolute Gasteiger partial charge is 0.273 e. The minimum absolute atomic E-state index is 0.0484. The lowest BCUT2D eigenvalue weighted by Gasteiger charge is -2.31. The number of hydrogen-bond acceptors (Lipinski definition) is 5. The minimum Gasteiger partial charge on any atom is -0.337 e. The molecule has 1 aliphatic rings. The lowest BCUT2D eigenvalue weighted by Crippen LogP contribution is -2.38. The highest BCUT2D eigenvalue weighted by Gasteiger charge is 2.26. The Kier molecular flexibility index (Phi) is 5.07. The topological polar surface area (TPSA) is 77.0 Å². The number of amides is 1. The average Bonchev–Trinajstić information content (AvgIpc) is 3.24. The van der Waals surface area contributed by atoms with E-state index in [0.717, 1.165) is 43.9 Å². The molecular weight excluding hydrogens is 310 g/mol. The van der Waals surface area contributed by atoms with E-state index in [2.05, 4.69) is 23.2 Å². The van der Waals surface area contributed by atoms with Gasteiger partial charge < -0.3 is 10.6 Å². The van der Waals surface area contributed by atoms with Gasteiger partial charge in [-0.2, -0.15) is 5.10 Å². The first-order valence-electron chi connectivity index (χ1n) is 8.17. The van der Waals surface area contributed by atoms with Crippen LogP contribution in [0, 0.1) is 0 Å². The number of rotatable bonds is 5. The normalized spacial score (nSPS) is 16.0. The minimum atomic E-state index is 0.0484. The summed E-state index contributed by atoms with van der Waals surface area (Å²) in [6.07, 6.45) is 6.80. The monoisotopic (exact) mass is 333 g/mol. The highest BCUT2D eigenvalue weighted by molar-refractivity contribution is 7.09. The second-order valence-corrected chi connectivity index (χ2v) is 6.80. The fourth-order valence-corrected chi connectivity index (χ4v) is 3.78. The number of carbonyl (C=O) groups excluding carboxylic acids is 1. The molecule has 1 amide bonds. The van der Waals surface area contributed by atoms with Crippen molar-refractivity contribution in [3.05, 3.63) is 34.0 Å². The number of thiazole rings is 1. The van der Waals surface area contributed by atoms with E-state index in [1.807, 2.05) is 21.2 Å². The van der Waals surface area contributed by atoms with Gasteiger partial charge in [0.1, 0.15) is 5.69 Å². The number of nitrogens with zero attached hydrogens (tertiary/aromatic N) is 4. The Bertz CT molecular complexity index is 657. The maximum absolute atomic E-state index is 12.5. The standard InChI is InChI=1S/C16H23N5OS/c1-2-21-10-13(9-18-21)12-4-7-20(8-5-12)16(22)14-11-23-15(19-14)3-6-17/h9-12H,2-8,17H2,1H3. The Labute approximate surface area is 140 Å². The zero-order valence-electron chi connectivity index (χ0n) is 13.4. The third kappa shape index (κ3) is 3.61. The van der Waals surface area contributed by atoms with Gasteiger partial charge in [0.05, 0.1) is 11.2 Å². The lowest BCUT2D eigenvalue weighted by atomic mass is 9.91. The van der Waals surface area contributed by atoms with E-state index in [1.54, 1.807) is 0 Å². The molecule has 0 spiro atoms. The van der Waals surface area contributed by atoms with Crippen LogP contribution in [-0.4, -0.2) is 45.2 Å². The molecule has 2 N–H and O–H groups in total. The van der Waals surface area contributed by atoms with Gasteiger partial charge in [-0.15, -0.1) is 11.3 Å². The average molecular weight is 333 g/mol. The van der Waals surface area contributed by atoms with Crippen molar-refractivity contribution in [2.24, 2.45) is 5.73 Å². The SMILES string of the molecule is CCn1cc(C2CCN(C(=O)c3csc(CCN)n3)CC2)cn1. The zero-order chi connectivity index (χ0) is 16.2. The Hall–Kier alpha value is -1.73. The number of nitrogens with two attached hydrogens (primary N) is 1. The summed E-state index contributed by atoms with van der Waals surface area (Å²) in [5, 5.41) is 7.14. The van der Waals surface area contributed by atoms with Crippen molar-refractivity contribution in [2.45, 2.75) is 38.6 Å². The second kappa shape index (κ2) is 7.23. The van der Waals surface area contributed by atoms with Gasteiger partial charge in [0.15, 0.2) is 0 Å². The van der Waals surface area contributed by atoms with Gasteiger partial charge >= 0.3 is 0 Å². The number of carbonyl (C=O) groups is 1. The third-order valence-corrected chi connectivity index (χ3v) is 5.27.